The lowest BCUT2D eigenvalue weighted by atomic mass is 10.1. The third-order valence-corrected chi connectivity index (χ3v) is 4.79. The van der Waals surface area contributed by atoms with Crippen LogP contribution in [-0.4, -0.2) is 20.3 Å². The van der Waals surface area contributed by atoms with E-state index in [-0.39, 0.29) is 0 Å². The first-order chi connectivity index (χ1) is 9.58. The van der Waals surface area contributed by atoms with Crippen molar-refractivity contribution in [3.8, 4) is 23.0 Å². The van der Waals surface area contributed by atoms with Gasteiger partial charge in [-0.1, -0.05) is 17.3 Å². The number of hydrogen-bond donors (Lipinski definition) is 2. The Morgan fingerprint density at radius 1 is 1.30 bits per heavy atom. The van der Waals surface area contributed by atoms with Crippen LogP contribution < -0.4 is 5.73 Å². The summed E-state index contributed by atoms with van der Waals surface area (Å²) < 4.78 is 6.71. The van der Waals surface area contributed by atoms with Crippen LogP contribution in [0, 0.1) is 6.92 Å². The molecule has 0 aliphatic heterocycles. The van der Waals surface area contributed by atoms with Gasteiger partial charge in [0, 0.05) is 11.3 Å². The first kappa shape index (κ1) is 13.3. The van der Waals surface area contributed by atoms with Gasteiger partial charge in [-0.3, -0.25) is 5.10 Å². The van der Waals surface area contributed by atoms with Gasteiger partial charge in [0.15, 0.2) is 5.69 Å². The Balaban J connectivity index is 2.07. The minimum atomic E-state index is 0.329. The van der Waals surface area contributed by atoms with Crippen molar-refractivity contribution in [2.75, 3.05) is 5.73 Å². The number of nitrogen functional groups attached to an aromatic ring is 1. The summed E-state index contributed by atoms with van der Waals surface area (Å²) in [5.41, 5.74) is 8.89. The van der Waals surface area contributed by atoms with Crippen molar-refractivity contribution in [2.24, 2.45) is 0 Å². The standard InChI is InChI=1S/C12H9Br2N5O/c1-5-6(3-2-4-7(5)15)11-16-12(20-19-11)9-8(13)10(14)18-17-9/h2-4H,15H2,1H3,(H,17,18). The molecule has 6 nitrogen and oxygen atoms in total. The molecule has 0 aliphatic carbocycles. The topological polar surface area (TPSA) is 93.6 Å². The maximum atomic E-state index is 5.89. The number of H-pyrrole nitrogens is 1. The molecule has 0 saturated carbocycles. The number of nitrogens with one attached hydrogen (secondary N) is 1. The Hall–Kier alpha value is -1.67. The molecule has 0 bridgehead atoms. The van der Waals surface area contributed by atoms with E-state index < -0.39 is 0 Å². The summed E-state index contributed by atoms with van der Waals surface area (Å²) in [6, 6.07) is 5.59. The molecular weight excluding hydrogens is 390 g/mol. The summed E-state index contributed by atoms with van der Waals surface area (Å²) >= 11 is 6.70. The molecule has 0 unspecified atom stereocenters. The molecule has 0 amide bonds. The number of aromatic amines is 1. The number of anilines is 1. The Morgan fingerprint density at radius 2 is 2.10 bits per heavy atom. The monoisotopic (exact) mass is 397 g/mol. The summed E-state index contributed by atoms with van der Waals surface area (Å²) in [4.78, 5) is 4.36. The predicted octanol–water partition coefficient (Wildman–Crippen LogP) is 3.54. The Morgan fingerprint density at radius 3 is 2.80 bits per heavy atom. The fourth-order valence-electron chi connectivity index (χ4n) is 1.77. The molecule has 102 valence electrons. The van der Waals surface area contributed by atoms with Gasteiger partial charge in [-0.15, -0.1) is 0 Å². The molecule has 2 heterocycles. The van der Waals surface area contributed by atoms with Crippen LogP contribution in [0.3, 0.4) is 0 Å². The molecule has 8 heteroatoms. The SMILES string of the molecule is Cc1c(N)cccc1-c1noc(-c2n[nH]c(Br)c2Br)n1. The molecule has 20 heavy (non-hydrogen) atoms. The molecular formula is C12H9Br2N5O. The minimum Gasteiger partial charge on any atom is -0.398 e. The quantitative estimate of drug-likeness (QED) is 0.644. The van der Waals surface area contributed by atoms with Crippen LogP contribution in [0.25, 0.3) is 23.0 Å². The second kappa shape index (κ2) is 5.02. The van der Waals surface area contributed by atoms with E-state index >= 15 is 0 Å². The molecule has 0 spiro atoms. The average Bonchev–Trinajstić information content (AvgIpc) is 3.02. The molecule has 2 aromatic heterocycles. The Labute approximate surface area is 131 Å². The highest BCUT2D eigenvalue weighted by atomic mass is 79.9. The van der Waals surface area contributed by atoms with Gasteiger partial charge in [-0.25, -0.2) is 0 Å². The molecule has 3 N–H and O–H groups in total. The Kier molecular flexibility index (Phi) is 3.35. The first-order valence-electron chi connectivity index (χ1n) is 5.67. The molecule has 1 aromatic carbocycles. The normalized spacial score (nSPS) is 10.9. The van der Waals surface area contributed by atoms with Crippen molar-refractivity contribution in [3.63, 3.8) is 0 Å². The van der Waals surface area contributed by atoms with Gasteiger partial charge in [0.1, 0.15) is 4.60 Å². The molecule has 3 aromatic rings. The number of aromatic nitrogens is 4. The van der Waals surface area contributed by atoms with Crippen molar-refractivity contribution in [3.05, 3.63) is 32.8 Å². The van der Waals surface area contributed by atoms with Crippen molar-refractivity contribution in [1.29, 1.82) is 0 Å². The van der Waals surface area contributed by atoms with E-state index in [0.29, 0.717) is 27.7 Å². The van der Waals surface area contributed by atoms with Gasteiger partial charge in [-0.2, -0.15) is 10.1 Å². The third-order valence-electron chi connectivity index (χ3n) is 2.91. The summed E-state index contributed by atoms with van der Waals surface area (Å²) in [7, 11) is 0. The van der Waals surface area contributed by atoms with Crippen molar-refractivity contribution in [2.45, 2.75) is 6.92 Å². The van der Waals surface area contributed by atoms with E-state index in [9.17, 15) is 0 Å². The minimum absolute atomic E-state index is 0.329. The van der Waals surface area contributed by atoms with Gasteiger partial charge in [0.05, 0.1) is 4.47 Å². The molecule has 0 saturated heterocycles. The Bertz CT molecular complexity index is 780. The van der Waals surface area contributed by atoms with Gasteiger partial charge < -0.3 is 10.3 Å². The van der Waals surface area contributed by atoms with Gasteiger partial charge in [0.2, 0.25) is 5.82 Å². The van der Waals surface area contributed by atoms with Gasteiger partial charge >= 0.3 is 0 Å². The maximum absolute atomic E-state index is 5.89. The highest BCUT2D eigenvalue weighted by Crippen LogP contribution is 2.32. The van der Waals surface area contributed by atoms with E-state index in [2.05, 4.69) is 52.2 Å². The lowest BCUT2D eigenvalue weighted by molar-refractivity contribution is 0.430. The van der Waals surface area contributed by atoms with E-state index in [0.717, 1.165) is 15.6 Å². The van der Waals surface area contributed by atoms with E-state index in [1.165, 1.54) is 0 Å². The summed E-state index contributed by atoms with van der Waals surface area (Å²) in [5, 5.41) is 10.9. The molecule has 3 rings (SSSR count). The number of rotatable bonds is 2. The largest absolute Gasteiger partial charge is 0.398 e. The van der Waals surface area contributed by atoms with E-state index in [1.54, 1.807) is 0 Å². The smallest absolute Gasteiger partial charge is 0.279 e. The average molecular weight is 399 g/mol. The lowest BCUT2D eigenvalue weighted by Crippen LogP contribution is -1.93. The fourth-order valence-corrected chi connectivity index (χ4v) is 2.40. The summed E-state index contributed by atoms with van der Waals surface area (Å²) in [6.45, 7) is 1.92. The van der Waals surface area contributed by atoms with Crippen LogP contribution in [0.4, 0.5) is 5.69 Å². The second-order valence-corrected chi connectivity index (χ2v) is 5.73. The number of nitrogens with two attached hydrogens (primary N) is 1. The van der Waals surface area contributed by atoms with Crippen LogP contribution in [0.1, 0.15) is 5.56 Å². The van der Waals surface area contributed by atoms with Crippen molar-refractivity contribution >= 4 is 37.5 Å². The number of halogens is 2. The van der Waals surface area contributed by atoms with Crippen LogP contribution in [0.15, 0.2) is 31.8 Å². The second-order valence-electron chi connectivity index (χ2n) is 4.14. The first-order valence-corrected chi connectivity index (χ1v) is 7.25. The highest BCUT2D eigenvalue weighted by molar-refractivity contribution is 9.13. The van der Waals surface area contributed by atoms with Crippen LogP contribution in [0.5, 0.6) is 0 Å². The van der Waals surface area contributed by atoms with Crippen molar-refractivity contribution in [1.82, 2.24) is 20.3 Å². The van der Waals surface area contributed by atoms with Gasteiger partial charge in [-0.05, 0) is 50.4 Å². The zero-order chi connectivity index (χ0) is 14.3. The zero-order valence-electron chi connectivity index (χ0n) is 10.3. The molecule has 0 radical (unpaired) electrons. The van der Waals surface area contributed by atoms with Crippen molar-refractivity contribution < 1.29 is 4.52 Å². The molecule has 0 aliphatic rings. The van der Waals surface area contributed by atoms with Gasteiger partial charge in [0.25, 0.3) is 5.89 Å². The third kappa shape index (κ3) is 2.14. The molecule has 0 atom stereocenters. The number of nitrogens with zero attached hydrogens (tertiary/aromatic N) is 3. The fraction of sp³-hybridized carbons (Fsp3) is 0.0833. The lowest BCUT2D eigenvalue weighted by Gasteiger charge is -2.03. The van der Waals surface area contributed by atoms with Crippen LogP contribution in [-0.2, 0) is 0 Å². The summed E-state index contributed by atoms with van der Waals surface area (Å²) in [5.74, 6) is 0.812. The summed E-state index contributed by atoms with van der Waals surface area (Å²) in [6.07, 6.45) is 0. The van der Waals surface area contributed by atoms with Crippen LogP contribution >= 0.6 is 31.9 Å². The molecule has 0 fully saturated rings. The van der Waals surface area contributed by atoms with Crippen LogP contribution in [0.2, 0.25) is 0 Å². The zero-order valence-corrected chi connectivity index (χ0v) is 13.5. The highest BCUT2D eigenvalue weighted by Gasteiger charge is 2.19. The predicted molar refractivity (Wildman–Crippen MR) is 81.9 cm³/mol. The number of hydrogen-bond acceptors (Lipinski definition) is 5. The van der Waals surface area contributed by atoms with E-state index in [4.69, 9.17) is 10.3 Å². The van der Waals surface area contributed by atoms with E-state index in [1.807, 2.05) is 25.1 Å². The maximum Gasteiger partial charge on any atom is 0.279 e. The number of benzene rings is 1.